The first-order valence-corrected chi connectivity index (χ1v) is 9.48. The summed E-state index contributed by atoms with van der Waals surface area (Å²) in [6.07, 6.45) is -3.25. The number of alkyl halides is 3. The fourth-order valence-electron chi connectivity index (χ4n) is 2.99. The highest BCUT2D eigenvalue weighted by atomic mass is 35.5. The number of halogens is 4. The molecule has 0 unspecified atom stereocenters. The number of carbonyl (C=O) groups excluding carboxylic acids is 1. The Hall–Kier alpha value is -3.20. The SMILES string of the molecule is CC(C)(Cc1ccc(C(F)(F)F)c(-c2nc(-c3ccc(Cl)cn3)cc(=O)[nH]2)c1)C(N)=O. The Morgan fingerprint density at radius 1 is 1.13 bits per heavy atom. The predicted molar refractivity (Wildman–Crippen MR) is 110 cm³/mol. The second kappa shape index (κ2) is 8.14. The predicted octanol–water partition coefficient (Wildman–Crippen LogP) is 4.23. The zero-order chi connectivity index (χ0) is 23.0. The van der Waals surface area contributed by atoms with E-state index >= 15 is 0 Å². The van der Waals surface area contributed by atoms with Gasteiger partial charge in [-0.2, -0.15) is 13.2 Å². The molecule has 0 aliphatic carbocycles. The van der Waals surface area contributed by atoms with Crippen LogP contribution in [0.15, 0.2) is 47.4 Å². The molecule has 0 fully saturated rings. The Morgan fingerprint density at radius 3 is 2.42 bits per heavy atom. The third-order valence-corrected chi connectivity index (χ3v) is 4.91. The van der Waals surface area contributed by atoms with Gasteiger partial charge in [-0.25, -0.2) is 4.98 Å². The summed E-state index contributed by atoms with van der Waals surface area (Å²) in [6, 6.07) is 7.59. The average Bonchev–Trinajstić information content (AvgIpc) is 2.66. The maximum Gasteiger partial charge on any atom is 0.417 e. The van der Waals surface area contributed by atoms with Crippen LogP contribution in [-0.4, -0.2) is 20.9 Å². The largest absolute Gasteiger partial charge is 0.417 e. The molecule has 0 bridgehead atoms. The molecule has 0 spiro atoms. The van der Waals surface area contributed by atoms with Gasteiger partial charge in [0.15, 0.2) is 0 Å². The van der Waals surface area contributed by atoms with E-state index in [-0.39, 0.29) is 29.2 Å². The molecule has 3 N–H and O–H groups in total. The van der Waals surface area contributed by atoms with Crippen molar-refractivity contribution in [2.24, 2.45) is 11.1 Å². The van der Waals surface area contributed by atoms with Crippen LogP contribution in [0, 0.1) is 5.41 Å². The summed E-state index contributed by atoms with van der Waals surface area (Å²) in [5.74, 6) is -0.860. The van der Waals surface area contributed by atoms with Gasteiger partial charge in [-0.1, -0.05) is 31.5 Å². The van der Waals surface area contributed by atoms with E-state index in [9.17, 15) is 22.8 Å². The number of nitrogens with two attached hydrogens (primary N) is 1. The lowest BCUT2D eigenvalue weighted by Gasteiger charge is -2.21. The molecule has 0 aliphatic heterocycles. The van der Waals surface area contributed by atoms with Crippen LogP contribution < -0.4 is 11.3 Å². The van der Waals surface area contributed by atoms with Crippen LogP contribution >= 0.6 is 11.6 Å². The van der Waals surface area contributed by atoms with Gasteiger partial charge in [-0.15, -0.1) is 0 Å². The van der Waals surface area contributed by atoms with Gasteiger partial charge in [0.25, 0.3) is 5.56 Å². The summed E-state index contributed by atoms with van der Waals surface area (Å²) in [5.41, 5.74) is 3.26. The highest BCUT2D eigenvalue weighted by Gasteiger charge is 2.35. The molecule has 10 heteroatoms. The monoisotopic (exact) mass is 450 g/mol. The number of amides is 1. The molecule has 31 heavy (non-hydrogen) atoms. The Kier molecular flexibility index (Phi) is 5.91. The van der Waals surface area contributed by atoms with Gasteiger partial charge in [0.05, 0.1) is 22.0 Å². The van der Waals surface area contributed by atoms with Crippen molar-refractivity contribution in [3.05, 3.63) is 69.1 Å². The zero-order valence-electron chi connectivity index (χ0n) is 16.5. The second-order valence-electron chi connectivity index (χ2n) is 7.64. The highest BCUT2D eigenvalue weighted by Crippen LogP contribution is 2.37. The quantitative estimate of drug-likeness (QED) is 0.607. The first-order chi connectivity index (χ1) is 14.4. The summed E-state index contributed by atoms with van der Waals surface area (Å²) in [5, 5.41) is 0.359. The molecule has 1 aromatic carbocycles. The summed E-state index contributed by atoms with van der Waals surface area (Å²) in [4.78, 5) is 34.5. The van der Waals surface area contributed by atoms with E-state index in [0.717, 1.165) is 12.1 Å². The molecule has 0 saturated carbocycles. The molecule has 2 heterocycles. The van der Waals surface area contributed by atoms with Gasteiger partial charge in [-0.3, -0.25) is 14.6 Å². The Labute approximate surface area is 180 Å². The molecule has 0 saturated heterocycles. The standard InChI is InChI=1S/C21H18ClF3N4O2/c1-20(2,19(26)31)9-11-3-5-14(21(23,24)25)13(7-11)18-28-16(8-17(30)29-18)15-6-4-12(22)10-27-15/h3-8,10H,9H2,1-2H3,(H2,26,31)(H,28,29,30). The topological polar surface area (TPSA) is 102 Å². The van der Waals surface area contributed by atoms with Gasteiger partial charge < -0.3 is 10.7 Å². The van der Waals surface area contributed by atoms with Crippen molar-refractivity contribution >= 4 is 17.5 Å². The smallest absolute Gasteiger partial charge is 0.369 e. The fourth-order valence-corrected chi connectivity index (χ4v) is 3.10. The maximum atomic E-state index is 13.7. The zero-order valence-corrected chi connectivity index (χ0v) is 17.3. The van der Waals surface area contributed by atoms with Gasteiger partial charge in [0.2, 0.25) is 5.91 Å². The number of carbonyl (C=O) groups is 1. The number of nitrogens with one attached hydrogen (secondary N) is 1. The number of nitrogens with zero attached hydrogens (tertiary/aromatic N) is 2. The van der Waals surface area contributed by atoms with E-state index in [1.807, 2.05) is 0 Å². The van der Waals surface area contributed by atoms with Gasteiger partial charge in [-0.05, 0) is 36.2 Å². The van der Waals surface area contributed by atoms with Crippen LogP contribution in [-0.2, 0) is 17.4 Å². The molecule has 0 radical (unpaired) electrons. The van der Waals surface area contributed by atoms with Crippen LogP contribution in [0.5, 0.6) is 0 Å². The summed E-state index contributed by atoms with van der Waals surface area (Å²) in [7, 11) is 0. The lowest BCUT2D eigenvalue weighted by molar-refractivity contribution is -0.137. The Balaban J connectivity index is 2.18. The number of hydrogen-bond acceptors (Lipinski definition) is 4. The van der Waals surface area contributed by atoms with Gasteiger partial charge in [0.1, 0.15) is 5.82 Å². The minimum atomic E-state index is -4.69. The normalized spacial score (nSPS) is 12.1. The van der Waals surface area contributed by atoms with E-state index in [2.05, 4.69) is 15.0 Å². The summed E-state index contributed by atoms with van der Waals surface area (Å²) < 4.78 is 41.0. The van der Waals surface area contributed by atoms with Gasteiger partial charge >= 0.3 is 6.18 Å². The highest BCUT2D eigenvalue weighted by molar-refractivity contribution is 6.30. The molecule has 1 amide bonds. The first-order valence-electron chi connectivity index (χ1n) is 9.10. The van der Waals surface area contributed by atoms with Crippen molar-refractivity contribution in [3.63, 3.8) is 0 Å². The van der Waals surface area contributed by atoms with E-state index in [0.29, 0.717) is 10.6 Å². The molecule has 0 aliphatic rings. The molecule has 6 nitrogen and oxygen atoms in total. The number of rotatable bonds is 5. The number of aromatic amines is 1. The third-order valence-electron chi connectivity index (χ3n) is 4.69. The lowest BCUT2D eigenvalue weighted by atomic mass is 9.84. The lowest BCUT2D eigenvalue weighted by Crippen LogP contribution is -2.33. The van der Waals surface area contributed by atoms with Crippen molar-refractivity contribution in [2.75, 3.05) is 0 Å². The fraction of sp³-hybridized carbons (Fsp3) is 0.238. The maximum absolute atomic E-state index is 13.7. The molecular formula is C21H18ClF3N4O2. The van der Waals surface area contributed by atoms with Crippen LogP contribution in [0.3, 0.4) is 0 Å². The minimum Gasteiger partial charge on any atom is -0.369 e. The van der Waals surface area contributed by atoms with E-state index in [1.165, 1.54) is 30.5 Å². The molecule has 0 atom stereocenters. The van der Waals surface area contributed by atoms with Crippen LogP contribution in [0.25, 0.3) is 22.8 Å². The molecule has 3 rings (SSSR count). The molecular weight excluding hydrogens is 433 g/mol. The van der Waals surface area contributed by atoms with Crippen molar-refractivity contribution in [3.8, 4) is 22.8 Å². The molecule has 3 aromatic rings. The number of primary amides is 1. The van der Waals surface area contributed by atoms with Crippen molar-refractivity contribution in [1.82, 2.24) is 15.0 Å². The molecule has 162 valence electrons. The number of H-pyrrole nitrogens is 1. The summed E-state index contributed by atoms with van der Waals surface area (Å²) >= 11 is 5.81. The average molecular weight is 451 g/mol. The number of hydrogen-bond donors (Lipinski definition) is 2. The number of benzene rings is 1. The van der Waals surface area contributed by atoms with Crippen molar-refractivity contribution < 1.29 is 18.0 Å². The van der Waals surface area contributed by atoms with Gasteiger partial charge in [0, 0.05) is 23.2 Å². The second-order valence-corrected chi connectivity index (χ2v) is 8.08. The first kappa shape index (κ1) is 22.5. The van der Waals surface area contributed by atoms with Crippen molar-refractivity contribution in [2.45, 2.75) is 26.4 Å². The van der Waals surface area contributed by atoms with Crippen LogP contribution in [0.2, 0.25) is 5.02 Å². The number of aromatic nitrogens is 3. The van der Waals surface area contributed by atoms with Crippen LogP contribution in [0.4, 0.5) is 13.2 Å². The van der Waals surface area contributed by atoms with Crippen LogP contribution in [0.1, 0.15) is 25.0 Å². The van der Waals surface area contributed by atoms with E-state index < -0.39 is 28.6 Å². The van der Waals surface area contributed by atoms with E-state index in [1.54, 1.807) is 13.8 Å². The van der Waals surface area contributed by atoms with E-state index in [4.69, 9.17) is 17.3 Å². The molecule has 2 aromatic heterocycles. The number of pyridine rings is 1. The summed E-state index contributed by atoms with van der Waals surface area (Å²) in [6.45, 7) is 3.19. The third kappa shape index (κ3) is 5.11. The Morgan fingerprint density at radius 2 is 1.84 bits per heavy atom. The Bertz CT molecular complexity index is 1190. The van der Waals surface area contributed by atoms with Crippen molar-refractivity contribution in [1.29, 1.82) is 0 Å². The minimum absolute atomic E-state index is 0.0893.